The van der Waals surface area contributed by atoms with E-state index in [2.05, 4.69) is 22.4 Å². The number of pyridine rings is 1. The largest absolute Gasteiger partial charge is 0.369 e. The Bertz CT molecular complexity index is 520. The lowest BCUT2D eigenvalue weighted by Crippen LogP contribution is -1.94. The Morgan fingerprint density at radius 2 is 1.88 bits per heavy atom. The smallest absolute Gasteiger partial charge is 0.129 e. The molecule has 80 valence electrons. The summed E-state index contributed by atoms with van der Waals surface area (Å²) >= 11 is 5.86. The zero-order valence-corrected chi connectivity index (χ0v) is 9.46. The molecule has 0 amide bonds. The summed E-state index contributed by atoms with van der Waals surface area (Å²) in [5, 5.41) is 4.04. The van der Waals surface area contributed by atoms with Crippen LogP contribution in [0.15, 0.2) is 36.4 Å². The first kappa shape index (κ1) is 9.67. The van der Waals surface area contributed by atoms with Crippen molar-refractivity contribution < 1.29 is 0 Å². The van der Waals surface area contributed by atoms with Gasteiger partial charge in [0.05, 0.1) is 5.69 Å². The molecule has 1 N–H and O–H groups in total. The molecule has 1 aromatic carbocycles. The standard InChI is InChI=1S/C13H11ClN2/c14-11-4-1-9(2-5-11)12-6-3-10-7-8-15-13(10)16-12/h1-6H,7-8H2,(H,15,16). The molecule has 3 rings (SSSR count). The highest BCUT2D eigenvalue weighted by Gasteiger charge is 2.11. The van der Waals surface area contributed by atoms with E-state index in [-0.39, 0.29) is 0 Å². The van der Waals surface area contributed by atoms with Gasteiger partial charge in [0.15, 0.2) is 0 Å². The van der Waals surface area contributed by atoms with Crippen LogP contribution in [0.1, 0.15) is 5.56 Å². The molecule has 0 unspecified atom stereocenters. The van der Waals surface area contributed by atoms with Crippen molar-refractivity contribution in [1.29, 1.82) is 0 Å². The number of anilines is 1. The Morgan fingerprint density at radius 1 is 1.06 bits per heavy atom. The average Bonchev–Trinajstić information content (AvgIpc) is 2.77. The molecule has 0 atom stereocenters. The van der Waals surface area contributed by atoms with Crippen molar-refractivity contribution in [3.63, 3.8) is 0 Å². The van der Waals surface area contributed by atoms with Crippen molar-refractivity contribution in [3.8, 4) is 11.3 Å². The van der Waals surface area contributed by atoms with Gasteiger partial charge in [-0.2, -0.15) is 0 Å². The quantitative estimate of drug-likeness (QED) is 0.813. The Morgan fingerprint density at radius 3 is 2.69 bits per heavy atom. The van der Waals surface area contributed by atoms with E-state index in [9.17, 15) is 0 Å². The lowest BCUT2D eigenvalue weighted by atomic mass is 10.1. The molecule has 1 aliphatic rings. The number of fused-ring (bicyclic) bond motifs is 1. The predicted octanol–water partition coefficient (Wildman–Crippen LogP) is 3.37. The number of hydrogen-bond donors (Lipinski definition) is 1. The molecule has 2 nitrogen and oxygen atoms in total. The molecule has 0 aliphatic carbocycles. The maximum absolute atomic E-state index is 5.86. The second-order valence-corrected chi connectivity index (χ2v) is 4.32. The highest BCUT2D eigenvalue weighted by atomic mass is 35.5. The molecule has 0 fully saturated rings. The first-order valence-corrected chi connectivity index (χ1v) is 5.70. The summed E-state index contributed by atoms with van der Waals surface area (Å²) in [6, 6.07) is 12.0. The maximum Gasteiger partial charge on any atom is 0.129 e. The number of rotatable bonds is 1. The summed E-state index contributed by atoms with van der Waals surface area (Å²) in [4.78, 5) is 4.60. The SMILES string of the molecule is Clc1ccc(-c2ccc3c(n2)NCC3)cc1. The fourth-order valence-corrected chi connectivity index (χ4v) is 2.07. The summed E-state index contributed by atoms with van der Waals surface area (Å²) in [5.41, 5.74) is 3.39. The van der Waals surface area contributed by atoms with Gasteiger partial charge in [-0.15, -0.1) is 0 Å². The van der Waals surface area contributed by atoms with Crippen molar-refractivity contribution in [2.24, 2.45) is 0 Å². The molecule has 1 aromatic heterocycles. The molecule has 16 heavy (non-hydrogen) atoms. The first-order chi connectivity index (χ1) is 7.83. The van der Waals surface area contributed by atoms with E-state index in [1.54, 1.807) is 0 Å². The van der Waals surface area contributed by atoms with E-state index >= 15 is 0 Å². The molecule has 0 bridgehead atoms. The van der Waals surface area contributed by atoms with Crippen molar-refractivity contribution in [1.82, 2.24) is 4.98 Å². The number of aromatic nitrogens is 1. The second-order valence-electron chi connectivity index (χ2n) is 3.89. The van der Waals surface area contributed by atoms with Gasteiger partial charge < -0.3 is 5.32 Å². The van der Waals surface area contributed by atoms with E-state index in [0.717, 1.165) is 35.1 Å². The fourth-order valence-electron chi connectivity index (χ4n) is 1.94. The normalized spacial score (nSPS) is 13.3. The minimum atomic E-state index is 0.753. The van der Waals surface area contributed by atoms with Crippen molar-refractivity contribution in [2.75, 3.05) is 11.9 Å². The number of halogens is 1. The van der Waals surface area contributed by atoms with Crippen LogP contribution in [-0.2, 0) is 6.42 Å². The zero-order chi connectivity index (χ0) is 11.0. The van der Waals surface area contributed by atoms with Gasteiger partial charge in [-0.05, 0) is 30.2 Å². The number of nitrogens with zero attached hydrogens (tertiary/aromatic N) is 1. The van der Waals surface area contributed by atoms with Crippen LogP contribution in [0, 0.1) is 0 Å². The van der Waals surface area contributed by atoms with Crippen LogP contribution in [0.5, 0.6) is 0 Å². The Kier molecular flexibility index (Phi) is 2.29. The summed E-state index contributed by atoms with van der Waals surface area (Å²) < 4.78 is 0. The van der Waals surface area contributed by atoms with Crippen LogP contribution in [0.4, 0.5) is 5.82 Å². The monoisotopic (exact) mass is 230 g/mol. The van der Waals surface area contributed by atoms with Gasteiger partial charge in [0, 0.05) is 17.1 Å². The molecule has 2 heterocycles. The molecule has 0 radical (unpaired) electrons. The molecule has 0 saturated carbocycles. The number of hydrogen-bond acceptors (Lipinski definition) is 2. The molecule has 3 heteroatoms. The topological polar surface area (TPSA) is 24.9 Å². The number of nitrogens with one attached hydrogen (secondary N) is 1. The maximum atomic E-state index is 5.86. The lowest BCUT2D eigenvalue weighted by Gasteiger charge is -2.04. The Balaban J connectivity index is 2.03. The van der Waals surface area contributed by atoms with Gasteiger partial charge >= 0.3 is 0 Å². The predicted molar refractivity (Wildman–Crippen MR) is 66.9 cm³/mol. The van der Waals surface area contributed by atoms with Crippen LogP contribution in [0.3, 0.4) is 0 Å². The third-order valence-corrected chi connectivity index (χ3v) is 3.06. The van der Waals surface area contributed by atoms with E-state index in [4.69, 9.17) is 11.6 Å². The van der Waals surface area contributed by atoms with Crippen molar-refractivity contribution in [2.45, 2.75) is 6.42 Å². The molecule has 0 spiro atoms. The third-order valence-electron chi connectivity index (χ3n) is 2.81. The molecular formula is C13H11ClN2. The van der Waals surface area contributed by atoms with Gasteiger partial charge in [0.2, 0.25) is 0 Å². The summed E-state index contributed by atoms with van der Waals surface area (Å²) in [6.45, 7) is 0.992. The summed E-state index contributed by atoms with van der Waals surface area (Å²) in [7, 11) is 0. The number of benzene rings is 1. The van der Waals surface area contributed by atoms with Crippen LogP contribution < -0.4 is 5.32 Å². The minimum absolute atomic E-state index is 0.753. The molecule has 1 aliphatic heterocycles. The lowest BCUT2D eigenvalue weighted by molar-refractivity contribution is 1.11. The van der Waals surface area contributed by atoms with Gasteiger partial charge in [-0.1, -0.05) is 29.8 Å². The van der Waals surface area contributed by atoms with E-state index in [1.807, 2.05) is 24.3 Å². The van der Waals surface area contributed by atoms with Crippen molar-refractivity contribution in [3.05, 3.63) is 47.0 Å². The fraction of sp³-hybridized carbons (Fsp3) is 0.154. The Labute approximate surface area is 99.3 Å². The summed E-state index contributed by atoms with van der Waals surface area (Å²) in [5.74, 6) is 1.02. The van der Waals surface area contributed by atoms with Gasteiger partial charge in [-0.3, -0.25) is 0 Å². The summed E-state index contributed by atoms with van der Waals surface area (Å²) in [6.07, 6.45) is 1.07. The highest BCUT2D eigenvalue weighted by molar-refractivity contribution is 6.30. The third kappa shape index (κ3) is 1.65. The average molecular weight is 231 g/mol. The minimum Gasteiger partial charge on any atom is -0.369 e. The first-order valence-electron chi connectivity index (χ1n) is 5.33. The Hall–Kier alpha value is -1.54. The van der Waals surface area contributed by atoms with Gasteiger partial charge in [0.25, 0.3) is 0 Å². The van der Waals surface area contributed by atoms with Crippen molar-refractivity contribution >= 4 is 17.4 Å². The van der Waals surface area contributed by atoms with Crippen LogP contribution in [0.25, 0.3) is 11.3 Å². The molecular weight excluding hydrogens is 220 g/mol. The molecule has 2 aromatic rings. The zero-order valence-electron chi connectivity index (χ0n) is 8.70. The highest BCUT2D eigenvalue weighted by Crippen LogP contribution is 2.25. The second kappa shape index (κ2) is 3.80. The van der Waals surface area contributed by atoms with Crippen LogP contribution in [-0.4, -0.2) is 11.5 Å². The van der Waals surface area contributed by atoms with Gasteiger partial charge in [-0.25, -0.2) is 4.98 Å². The van der Waals surface area contributed by atoms with E-state index in [1.165, 1.54) is 5.56 Å². The van der Waals surface area contributed by atoms with Gasteiger partial charge in [0.1, 0.15) is 5.82 Å². The molecule has 0 saturated heterocycles. The van der Waals surface area contributed by atoms with E-state index < -0.39 is 0 Å². The van der Waals surface area contributed by atoms with Crippen LogP contribution >= 0.6 is 11.6 Å². The van der Waals surface area contributed by atoms with Crippen LogP contribution in [0.2, 0.25) is 5.02 Å². The van der Waals surface area contributed by atoms with E-state index in [0.29, 0.717) is 0 Å².